The quantitative estimate of drug-likeness (QED) is 0.338. The summed E-state index contributed by atoms with van der Waals surface area (Å²) < 4.78 is 6.57. The van der Waals surface area contributed by atoms with E-state index in [1.165, 1.54) is 0 Å². The van der Waals surface area contributed by atoms with E-state index in [1.54, 1.807) is 6.21 Å². The lowest BCUT2D eigenvalue weighted by Gasteiger charge is -2.06. The Balaban J connectivity index is 1.49. The largest absolute Gasteiger partial charge is 0.484 e. The Morgan fingerprint density at radius 2 is 1.58 bits per heavy atom. The van der Waals surface area contributed by atoms with Crippen LogP contribution in [-0.2, 0) is 4.79 Å². The number of hydrogen-bond acceptors (Lipinski definition) is 3. The maximum atomic E-state index is 11.8. The summed E-state index contributed by atoms with van der Waals surface area (Å²) in [7, 11) is 0. The summed E-state index contributed by atoms with van der Waals surface area (Å²) in [6.45, 7) is -0.0894. The van der Waals surface area contributed by atoms with Crippen molar-refractivity contribution in [3.05, 3.63) is 88.0 Å². The highest BCUT2D eigenvalue weighted by atomic mass is 127. The molecule has 0 atom stereocenters. The van der Waals surface area contributed by atoms with Gasteiger partial charge in [-0.2, -0.15) is 5.10 Å². The number of hydrazone groups is 1. The molecule has 0 aliphatic carbocycles. The molecule has 1 N–H and O–H groups in total. The minimum atomic E-state index is -0.306. The zero-order valence-electron chi connectivity index (χ0n) is 13.9. The SMILES string of the molecule is O=C(COc1ccc(-c2ccccc2)cc1)NN=Cc1ccccc1I. The van der Waals surface area contributed by atoms with Crippen LogP contribution < -0.4 is 10.2 Å². The van der Waals surface area contributed by atoms with Crippen LogP contribution in [0.4, 0.5) is 0 Å². The zero-order chi connectivity index (χ0) is 18.2. The fraction of sp³-hybridized carbons (Fsp3) is 0.0476. The van der Waals surface area contributed by atoms with Gasteiger partial charge >= 0.3 is 0 Å². The minimum Gasteiger partial charge on any atom is -0.484 e. The van der Waals surface area contributed by atoms with Crippen molar-refractivity contribution in [2.24, 2.45) is 5.10 Å². The smallest absolute Gasteiger partial charge is 0.277 e. The van der Waals surface area contributed by atoms with Gasteiger partial charge in [-0.25, -0.2) is 5.43 Å². The number of carbonyl (C=O) groups is 1. The van der Waals surface area contributed by atoms with E-state index in [0.29, 0.717) is 5.75 Å². The van der Waals surface area contributed by atoms with Crippen molar-refractivity contribution in [2.75, 3.05) is 6.61 Å². The molecular formula is C21H17IN2O2. The molecule has 0 heterocycles. The average molecular weight is 456 g/mol. The first-order chi connectivity index (χ1) is 12.7. The van der Waals surface area contributed by atoms with Crippen LogP contribution in [0.25, 0.3) is 11.1 Å². The van der Waals surface area contributed by atoms with E-state index in [1.807, 2.05) is 66.7 Å². The number of carbonyl (C=O) groups excluding carboxylic acids is 1. The Labute approximate surface area is 166 Å². The molecule has 0 aliphatic rings. The predicted molar refractivity (Wildman–Crippen MR) is 112 cm³/mol. The third kappa shape index (κ3) is 5.16. The topological polar surface area (TPSA) is 50.7 Å². The second kappa shape index (κ2) is 9.15. The first-order valence-electron chi connectivity index (χ1n) is 8.07. The molecule has 5 heteroatoms. The van der Waals surface area contributed by atoms with Crippen LogP contribution in [0.2, 0.25) is 0 Å². The van der Waals surface area contributed by atoms with Crippen molar-refractivity contribution in [3.63, 3.8) is 0 Å². The third-order valence-corrected chi connectivity index (χ3v) is 4.61. The molecule has 0 radical (unpaired) electrons. The molecule has 3 aromatic carbocycles. The lowest BCUT2D eigenvalue weighted by molar-refractivity contribution is -0.123. The van der Waals surface area contributed by atoms with Crippen molar-refractivity contribution in [2.45, 2.75) is 0 Å². The van der Waals surface area contributed by atoms with Gasteiger partial charge in [0.1, 0.15) is 5.75 Å². The molecule has 0 fully saturated rings. The standard InChI is InChI=1S/C21H17IN2O2/c22-20-9-5-4-8-18(20)14-23-24-21(25)15-26-19-12-10-17(11-13-19)16-6-2-1-3-7-16/h1-14H,15H2,(H,24,25). The Hall–Kier alpha value is -2.67. The van der Waals surface area contributed by atoms with Crippen molar-refractivity contribution >= 4 is 34.7 Å². The van der Waals surface area contributed by atoms with Gasteiger partial charge in [0.15, 0.2) is 6.61 Å². The van der Waals surface area contributed by atoms with Gasteiger partial charge in [0.25, 0.3) is 5.91 Å². The summed E-state index contributed by atoms with van der Waals surface area (Å²) in [5, 5.41) is 3.96. The number of benzene rings is 3. The predicted octanol–water partition coefficient (Wildman–Crippen LogP) is 4.49. The van der Waals surface area contributed by atoms with Crippen molar-refractivity contribution in [1.29, 1.82) is 0 Å². The van der Waals surface area contributed by atoms with E-state index < -0.39 is 0 Å². The molecule has 0 bridgehead atoms. The Kier molecular flexibility index (Phi) is 6.38. The van der Waals surface area contributed by atoms with Gasteiger partial charge in [-0.3, -0.25) is 4.79 Å². The van der Waals surface area contributed by atoms with Crippen LogP contribution in [0.3, 0.4) is 0 Å². The molecule has 0 aromatic heterocycles. The second-order valence-corrected chi connectivity index (χ2v) is 6.66. The summed E-state index contributed by atoms with van der Waals surface area (Å²) in [6.07, 6.45) is 1.62. The van der Waals surface area contributed by atoms with E-state index in [4.69, 9.17) is 4.74 Å². The number of ether oxygens (including phenoxy) is 1. The zero-order valence-corrected chi connectivity index (χ0v) is 16.1. The number of nitrogens with zero attached hydrogens (tertiary/aromatic N) is 1. The number of amides is 1. The minimum absolute atomic E-state index is 0.0894. The summed E-state index contributed by atoms with van der Waals surface area (Å²) >= 11 is 2.22. The molecule has 1 amide bonds. The van der Waals surface area contributed by atoms with Crippen LogP contribution in [-0.4, -0.2) is 18.7 Å². The molecule has 0 spiro atoms. The molecule has 0 saturated heterocycles. The van der Waals surface area contributed by atoms with Crippen LogP contribution in [0.5, 0.6) is 5.75 Å². The highest BCUT2D eigenvalue weighted by Crippen LogP contribution is 2.21. The molecule has 26 heavy (non-hydrogen) atoms. The van der Waals surface area contributed by atoms with Gasteiger partial charge in [0, 0.05) is 9.13 Å². The van der Waals surface area contributed by atoms with E-state index >= 15 is 0 Å². The fourth-order valence-corrected chi connectivity index (χ4v) is 2.84. The van der Waals surface area contributed by atoms with Gasteiger partial charge in [-0.05, 0) is 51.9 Å². The third-order valence-electron chi connectivity index (χ3n) is 3.63. The Bertz CT molecular complexity index is 893. The molecule has 130 valence electrons. The maximum absolute atomic E-state index is 11.8. The van der Waals surface area contributed by atoms with Gasteiger partial charge in [-0.1, -0.05) is 60.7 Å². The van der Waals surface area contributed by atoms with E-state index in [0.717, 1.165) is 20.3 Å². The van der Waals surface area contributed by atoms with E-state index in [-0.39, 0.29) is 12.5 Å². The van der Waals surface area contributed by atoms with Crippen LogP contribution in [0.15, 0.2) is 84.0 Å². The highest BCUT2D eigenvalue weighted by molar-refractivity contribution is 14.1. The van der Waals surface area contributed by atoms with Gasteiger partial charge in [0.05, 0.1) is 6.21 Å². The van der Waals surface area contributed by atoms with Crippen LogP contribution in [0.1, 0.15) is 5.56 Å². The molecule has 3 aromatic rings. The Morgan fingerprint density at radius 1 is 0.923 bits per heavy atom. The van der Waals surface area contributed by atoms with Gasteiger partial charge < -0.3 is 4.74 Å². The van der Waals surface area contributed by atoms with Crippen molar-refractivity contribution < 1.29 is 9.53 Å². The molecule has 0 aliphatic heterocycles. The number of rotatable bonds is 6. The molecule has 0 unspecified atom stereocenters. The highest BCUT2D eigenvalue weighted by Gasteiger charge is 2.03. The number of nitrogens with one attached hydrogen (secondary N) is 1. The first-order valence-corrected chi connectivity index (χ1v) is 9.15. The summed E-state index contributed by atoms with van der Waals surface area (Å²) in [4.78, 5) is 11.8. The molecular weight excluding hydrogens is 439 g/mol. The monoisotopic (exact) mass is 456 g/mol. The van der Waals surface area contributed by atoms with E-state index in [9.17, 15) is 4.79 Å². The maximum Gasteiger partial charge on any atom is 0.277 e. The number of halogens is 1. The van der Waals surface area contributed by atoms with Crippen molar-refractivity contribution in [3.8, 4) is 16.9 Å². The second-order valence-electron chi connectivity index (χ2n) is 5.49. The summed E-state index contributed by atoms with van der Waals surface area (Å²) in [6, 6.07) is 25.5. The summed E-state index contributed by atoms with van der Waals surface area (Å²) in [5.41, 5.74) is 5.66. The van der Waals surface area contributed by atoms with Gasteiger partial charge in [0.2, 0.25) is 0 Å². The lowest BCUT2D eigenvalue weighted by atomic mass is 10.1. The lowest BCUT2D eigenvalue weighted by Crippen LogP contribution is -2.24. The first kappa shape index (κ1) is 18.1. The van der Waals surface area contributed by atoms with Crippen molar-refractivity contribution in [1.82, 2.24) is 5.43 Å². The molecule has 4 nitrogen and oxygen atoms in total. The normalized spacial score (nSPS) is 10.7. The van der Waals surface area contributed by atoms with E-state index in [2.05, 4.69) is 45.3 Å². The Morgan fingerprint density at radius 3 is 2.31 bits per heavy atom. The number of hydrogen-bond donors (Lipinski definition) is 1. The van der Waals surface area contributed by atoms with Crippen LogP contribution >= 0.6 is 22.6 Å². The summed E-state index contributed by atoms with van der Waals surface area (Å²) in [5.74, 6) is 0.334. The fourth-order valence-electron chi connectivity index (χ4n) is 2.31. The van der Waals surface area contributed by atoms with Gasteiger partial charge in [-0.15, -0.1) is 0 Å². The van der Waals surface area contributed by atoms with Crippen LogP contribution in [0, 0.1) is 3.57 Å². The molecule has 3 rings (SSSR count). The molecule has 0 saturated carbocycles. The average Bonchev–Trinajstić information content (AvgIpc) is 2.69.